The van der Waals surface area contributed by atoms with Crippen LogP contribution in [0, 0.1) is 5.92 Å². The molecule has 2 rings (SSSR count). The Labute approximate surface area is 114 Å². The number of piperidine rings is 2. The van der Waals surface area contributed by atoms with Crippen LogP contribution < -0.4 is 10.0 Å². The zero-order valence-electron chi connectivity index (χ0n) is 10.6. The smallest absolute Gasteiger partial charge is 0.353 e. The Bertz CT molecular complexity index is 480. The second-order valence-corrected chi connectivity index (χ2v) is 6.82. The van der Waals surface area contributed by atoms with Gasteiger partial charge in [-0.15, -0.1) is 0 Å². The average Bonchev–Trinajstić information content (AvgIpc) is 2.35. The molecule has 2 fully saturated rings. The van der Waals surface area contributed by atoms with E-state index in [1.54, 1.807) is 4.72 Å². The number of fused-ring (bicyclic) bond motifs is 1. The SMILES string of the molecule is O=C1CCC2CN(S(=O)(=O)NCC(F)(F)F)CCC2N1. The monoisotopic (exact) mass is 315 g/mol. The van der Waals surface area contributed by atoms with Crippen molar-refractivity contribution in [1.82, 2.24) is 14.3 Å². The van der Waals surface area contributed by atoms with E-state index in [0.717, 1.165) is 4.31 Å². The third kappa shape index (κ3) is 3.83. The highest BCUT2D eigenvalue weighted by atomic mass is 32.2. The van der Waals surface area contributed by atoms with Gasteiger partial charge >= 0.3 is 6.18 Å². The third-order valence-electron chi connectivity index (χ3n) is 3.58. The van der Waals surface area contributed by atoms with Crippen molar-refractivity contribution < 1.29 is 26.4 Å². The zero-order chi connectivity index (χ0) is 15.0. The Kier molecular flexibility index (Phi) is 4.26. The largest absolute Gasteiger partial charge is 0.402 e. The molecule has 2 unspecified atom stereocenters. The summed E-state index contributed by atoms with van der Waals surface area (Å²) >= 11 is 0. The van der Waals surface area contributed by atoms with Gasteiger partial charge in [-0.25, -0.2) is 0 Å². The highest BCUT2D eigenvalue weighted by Crippen LogP contribution is 2.26. The number of halogens is 3. The second kappa shape index (κ2) is 5.49. The Morgan fingerprint density at radius 2 is 2.05 bits per heavy atom. The Morgan fingerprint density at radius 3 is 2.70 bits per heavy atom. The summed E-state index contributed by atoms with van der Waals surface area (Å²) in [4.78, 5) is 11.2. The summed E-state index contributed by atoms with van der Waals surface area (Å²) in [6.45, 7) is -1.33. The highest BCUT2D eigenvalue weighted by molar-refractivity contribution is 7.87. The quantitative estimate of drug-likeness (QED) is 0.768. The van der Waals surface area contributed by atoms with Crippen LogP contribution in [0.15, 0.2) is 0 Å². The number of carbonyl (C=O) groups excluding carboxylic acids is 1. The zero-order valence-corrected chi connectivity index (χ0v) is 11.4. The number of nitrogens with one attached hydrogen (secondary N) is 2. The van der Waals surface area contributed by atoms with Crippen LogP contribution in [0.4, 0.5) is 13.2 Å². The van der Waals surface area contributed by atoms with E-state index >= 15 is 0 Å². The van der Waals surface area contributed by atoms with E-state index in [4.69, 9.17) is 0 Å². The van der Waals surface area contributed by atoms with Gasteiger partial charge in [0.25, 0.3) is 10.2 Å². The molecular formula is C10H16F3N3O3S. The summed E-state index contributed by atoms with van der Waals surface area (Å²) in [5.74, 6) is -0.0957. The van der Waals surface area contributed by atoms with Gasteiger partial charge in [-0.2, -0.15) is 30.6 Å². The van der Waals surface area contributed by atoms with E-state index in [1.807, 2.05) is 0 Å². The van der Waals surface area contributed by atoms with Crippen LogP contribution in [0.5, 0.6) is 0 Å². The molecule has 2 aliphatic heterocycles. The maximum Gasteiger partial charge on any atom is 0.402 e. The Morgan fingerprint density at radius 1 is 1.35 bits per heavy atom. The maximum absolute atomic E-state index is 12.1. The predicted octanol–water partition coefficient (Wildman–Crippen LogP) is -0.0164. The number of nitrogens with zero attached hydrogens (tertiary/aromatic N) is 1. The minimum absolute atomic E-state index is 0.0380. The van der Waals surface area contributed by atoms with Gasteiger partial charge < -0.3 is 5.32 Å². The summed E-state index contributed by atoms with van der Waals surface area (Å²) in [7, 11) is -4.13. The normalized spacial score (nSPS) is 28.9. The topological polar surface area (TPSA) is 78.5 Å². The molecule has 1 amide bonds. The van der Waals surface area contributed by atoms with E-state index in [9.17, 15) is 26.4 Å². The molecule has 2 N–H and O–H groups in total. The molecule has 0 spiro atoms. The minimum atomic E-state index is -4.58. The molecule has 2 aliphatic rings. The molecule has 2 heterocycles. The lowest BCUT2D eigenvalue weighted by atomic mass is 9.86. The fraction of sp³-hybridized carbons (Fsp3) is 0.900. The molecule has 0 saturated carbocycles. The Hall–Kier alpha value is -0.870. The van der Waals surface area contributed by atoms with E-state index in [-0.39, 0.29) is 31.0 Å². The van der Waals surface area contributed by atoms with Crippen LogP contribution in [0.25, 0.3) is 0 Å². The van der Waals surface area contributed by atoms with Crippen molar-refractivity contribution in [3.8, 4) is 0 Å². The number of carbonyl (C=O) groups is 1. The molecule has 0 radical (unpaired) electrons. The molecule has 10 heteroatoms. The second-order valence-electron chi connectivity index (χ2n) is 5.06. The summed E-state index contributed by atoms with van der Waals surface area (Å²) in [6, 6.07) is -0.0784. The third-order valence-corrected chi connectivity index (χ3v) is 5.10. The lowest BCUT2D eigenvalue weighted by molar-refractivity contribution is -0.125. The lowest BCUT2D eigenvalue weighted by Gasteiger charge is -2.40. The van der Waals surface area contributed by atoms with Gasteiger partial charge in [0.05, 0.1) is 0 Å². The predicted molar refractivity (Wildman–Crippen MR) is 63.8 cm³/mol. The molecule has 0 aromatic rings. The fourth-order valence-electron chi connectivity index (χ4n) is 2.56. The fourth-order valence-corrected chi connectivity index (χ4v) is 3.82. The van der Waals surface area contributed by atoms with Crippen LogP contribution in [0.1, 0.15) is 19.3 Å². The highest BCUT2D eigenvalue weighted by Gasteiger charge is 2.39. The van der Waals surface area contributed by atoms with Gasteiger partial charge in [0, 0.05) is 25.6 Å². The van der Waals surface area contributed by atoms with Crippen molar-refractivity contribution in [3.05, 3.63) is 0 Å². The van der Waals surface area contributed by atoms with Crippen molar-refractivity contribution in [2.45, 2.75) is 31.5 Å². The number of rotatable bonds is 3. The number of hydrogen-bond donors (Lipinski definition) is 2. The summed E-state index contributed by atoms with van der Waals surface area (Å²) in [5.41, 5.74) is 0. The summed E-state index contributed by atoms with van der Waals surface area (Å²) in [6.07, 6.45) is -3.28. The van der Waals surface area contributed by atoms with Crippen LogP contribution in [-0.2, 0) is 15.0 Å². The van der Waals surface area contributed by atoms with Crippen LogP contribution in [0.2, 0.25) is 0 Å². The van der Waals surface area contributed by atoms with E-state index < -0.39 is 22.9 Å². The van der Waals surface area contributed by atoms with Crippen molar-refractivity contribution in [2.24, 2.45) is 5.92 Å². The first-order chi connectivity index (χ1) is 9.17. The first-order valence-corrected chi connectivity index (χ1v) is 7.72. The van der Waals surface area contributed by atoms with Gasteiger partial charge in [0.15, 0.2) is 0 Å². The van der Waals surface area contributed by atoms with Gasteiger partial charge in [0.2, 0.25) is 5.91 Å². The van der Waals surface area contributed by atoms with Gasteiger partial charge in [-0.05, 0) is 18.8 Å². The maximum atomic E-state index is 12.1. The molecule has 2 saturated heterocycles. The number of alkyl halides is 3. The van der Waals surface area contributed by atoms with Crippen LogP contribution in [0.3, 0.4) is 0 Å². The van der Waals surface area contributed by atoms with Crippen molar-refractivity contribution in [3.63, 3.8) is 0 Å². The Balaban J connectivity index is 1.95. The van der Waals surface area contributed by atoms with Crippen molar-refractivity contribution in [1.29, 1.82) is 0 Å². The molecule has 0 aromatic carbocycles. The molecule has 6 nitrogen and oxygen atoms in total. The molecule has 20 heavy (non-hydrogen) atoms. The van der Waals surface area contributed by atoms with Gasteiger partial charge in [-0.3, -0.25) is 4.79 Å². The minimum Gasteiger partial charge on any atom is -0.353 e. The molecule has 0 bridgehead atoms. The summed E-state index contributed by atoms with van der Waals surface area (Å²) in [5, 5.41) is 2.79. The molecular weight excluding hydrogens is 299 g/mol. The summed E-state index contributed by atoms with van der Waals surface area (Å²) < 4.78 is 62.4. The van der Waals surface area contributed by atoms with Crippen LogP contribution in [-0.4, -0.2) is 50.5 Å². The molecule has 0 aliphatic carbocycles. The molecule has 0 aromatic heterocycles. The standard InChI is InChI=1S/C10H16F3N3O3S/c11-10(12,13)6-14-20(18,19)16-4-3-8-7(5-16)1-2-9(17)15-8/h7-8,14H,1-6H2,(H,15,17). The first kappa shape index (κ1) is 15.5. The van der Waals surface area contributed by atoms with Crippen molar-refractivity contribution >= 4 is 16.1 Å². The van der Waals surface area contributed by atoms with Gasteiger partial charge in [-0.1, -0.05) is 0 Å². The molecule has 116 valence electrons. The van der Waals surface area contributed by atoms with Crippen molar-refractivity contribution in [2.75, 3.05) is 19.6 Å². The average molecular weight is 315 g/mol. The van der Waals surface area contributed by atoms with Crippen LogP contribution >= 0.6 is 0 Å². The van der Waals surface area contributed by atoms with E-state index in [0.29, 0.717) is 19.3 Å². The lowest BCUT2D eigenvalue weighted by Crippen LogP contribution is -2.57. The molecule has 2 atom stereocenters. The number of amides is 1. The van der Waals surface area contributed by atoms with E-state index in [1.165, 1.54) is 0 Å². The van der Waals surface area contributed by atoms with Gasteiger partial charge in [0.1, 0.15) is 6.54 Å². The first-order valence-electron chi connectivity index (χ1n) is 6.28. The number of hydrogen-bond acceptors (Lipinski definition) is 3. The van der Waals surface area contributed by atoms with E-state index in [2.05, 4.69) is 5.32 Å².